The van der Waals surface area contributed by atoms with Gasteiger partial charge < -0.3 is 10.6 Å². The topological polar surface area (TPSA) is 40.2 Å². The molecule has 1 aliphatic rings. The van der Waals surface area contributed by atoms with E-state index in [-0.39, 0.29) is 0 Å². The lowest BCUT2D eigenvalue weighted by Gasteiger charge is -2.27. The Hall–Kier alpha value is -0.970. The first kappa shape index (κ1) is 11.5. The highest BCUT2D eigenvalue weighted by atomic mass is 15.2. The van der Waals surface area contributed by atoms with Crippen molar-refractivity contribution < 1.29 is 0 Å². The lowest BCUT2D eigenvalue weighted by molar-refractivity contribution is 0.241. The fraction of sp³-hybridized carbons (Fsp3) is 0.583. The van der Waals surface area contributed by atoms with Crippen molar-refractivity contribution in [2.24, 2.45) is 0 Å². The van der Waals surface area contributed by atoms with E-state index in [2.05, 4.69) is 26.6 Å². The molecule has 0 spiro atoms. The quantitative estimate of drug-likeness (QED) is 0.689. The molecule has 0 atom stereocenters. The zero-order chi connectivity index (χ0) is 11.1. The summed E-state index contributed by atoms with van der Waals surface area (Å²) in [4.78, 5) is 6.59. The number of nitrogens with zero attached hydrogens (tertiary/aromatic N) is 2. The molecule has 4 heteroatoms. The number of hydrogen-bond acceptors (Lipinski definition) is 4. The van der Waals surface area contributed by atoms with Crippen LogP contribution in [-0.2, 0) is 6.54 Å². The first-order valence-electron chi connectivity index (χ1n) is 5.98. The van der Waals surface area contributed by atoms with E-state index in [1.54, 1.807) is 0 Å². The van der Waals surface area contributed by atoms with E-state index in [0.717, 1.165) is 32.7 Å². The molecule has 0 saturated carbocycles. The van der Waals surface area contributed by atoms with Crippen molar-refractivity contribution >= 4 is 0 Å². The number of nitrogens with one attached hydrogen (secondary N) is 2. The van der Waals surface area contributed by atoms with Gasteiger partial charge in [0.05, 0.1) is 0 Å². The standard InChI is InChI=1S/C12H20N4/c1-2-12(10-14-3-1)11-15-6-9-16-7-4-13-5-8-16/h1-3,10,13,15H,4-9,11H2. The lowest BCUT2D eigenvalue weighted by atomic mass is 10.3. The fourth-order valence-electron chi connectivity index (χ4n) is 1.91. The summed E-state index contributed by atoms with van der Waals surface area (Å²) in [6.07, 6.45) is 3.72. The molecule has 2 N–H and O–H groups in total. The van der Waals surface area contributed by atoms with Crippen LogP contribution in [0.4, 0.5) is 0 Å². The first-order chi connectivity index (χ1) is 7.95. The van der Waals surface area contributed by atoms with Crippen LogP contribution in [-0.4, -0.2) is 49.2 Å². The SMILES string of the molecule is c1cncc(CNCCN2CCNCC2)c1. The Morgan fingerprint density at radius 1 is 1.38 bits per heavy atom. The molecule has 1 fully saturated rings. The molecule has 4 nitrogen and oxygen atoms in total. The van der Waals surface area contributed by atoms with Gasteiger partial charge in [0.25, 0.3) is 0 Å². The second kappa shape index (κ2) is 6.58. The van der Waals surface area contributed by atoms with E-state index < -0.39 is 0 Å². The molecular weight excluding hydrogens is 200 g/mol. The average Bonchev–Trinajstić information content (AvgIpc) is 2.37. The van der Waals surface area contributed by atoms with Gasteiger partial charge in [0.2, 0.25) is 0 Å². The minimum absolute atomic E-state index is 0.917. The molecule has 0 aliphatic carbocycles. The van der Waals surface area contributed by atoms with E-state index in [4.69, 9.17) is 0 Å². The van der Waals surface area contributed by atoms with Gasteiger partial charge in [0, 0.05) is 58.2 Å². The van der Waals surface area contributed by atoms with Gasteiger partial charge in [0.1, 0.15) is 0 Å². The number of aromatic nitrogens is 1. The van der Waals surface area contributed by atoms with Crippen LogP contribution in [0.1, 0.15) is 5.56 Å². The molecule has 1 saturated heterocycles. The molecular formula is C12H20N4. The monoisotopic (exact) mass is 220 g/mol. The van der Waals surface area contributed by atoms with Crippen molar-refractivity contribution in [3.8, 4) is 0 Å². The zero-order valence-electron chi connectivity index (χ0n) is 9.65. The third-order valence-electron chi connectivity index (χ3n) is 2.87. The van der Waals surface area contributed by atoms with Crippen molar-refractivity contribution in [1.29, 1.82) is 0 Å². The predicted molar refractivity (Wildman–Crippen MR) is 65.3 cm³/mol. The van der Waals surface area contributed by atoms with Crippen LogP contribution in [0.2, 0.25) is 0 Å². The van der Waals surface area contributed by atoms with E-state index in [0.29, 0.717) is 0 Å². The number of hydrogen-bond donors (Lipinski definition) is 2. The van der Waals surface area contributed by atoms with Crippen molar-refractivity contribution in [1.82, 2.24) is 20.5 Å². The predicted octanol–water partition coefficient (Wildman–Crippen LogP) is 0.0764. The van der Waals surface area contributed by atoms with E-state index >= 15 is 0 Å². The lowest BCUT2D eigenvalue weighted by Crippen LogP contribution is -2.45. The highest BCUT2D eigenvalue weighted by molar-refractivity contribution is 5.07. The van der Waals surface area contributed by atoms with Gasteiger partial charge in [-0.15, -0.1) is 0 Å². The first-order valence-corrected chi connectivity index (χ1v) is 5.98. The van der Waals surface area contributed by atoms with Crippen molar-refractivity contribution in [3.63, 3.8) is 0 Å². The van der Waals surface area contributed by atoms with Crippen molar-refractivity contribution in [3.05, 3.63) is 30.1 Å². The van der Waals surface area contributed by atoms with Gasteiger partial charge in [-0.3, -0.25) is 9.88 Å². The molecule has 88 valence electrons. The summed E-state index contributed by atoms with van der Waals surface area (Å²) < 4.78 is 0. The Labute approximate surface area is 97.1 Å². The van der Waals surface area contributed by atoms with Gasteiger partial charge in [-0.05, 0) is 11.6 Å². The van der Waals surface area contributed by atoms with Crippen LogP contribution >= 0.6 is 0 Å². The van der Waals surface area contributed by atoms with Crippen molar-refractivity contribution in [2.75, 3.05) is 39.3 Å². The Balaban J connectivity index is 1.58. The van der Waals surface area contributed by atoms with E-state index in [1.165, 1.54) is 18.7 Å². The summed E-state index contributed by atoms with van der Waals surface area (Å²) in [5, 5.41) is 6.81. The normalized spacial score (nSPS) is 17.5. The fourth-order valence-corrected chi connectivity index (χ4v) is 1.91. The largest absolute Gasteiger partial charge is 0.314 e. The third-order valence-corrected chi connectivity index (χ3v) is 2.87. The number of piperazine rings is 1. The molecule has 0 unspecified atom stereocenters. The Bertz CT molecular complexity index is 282. The Morgan fingerprint density at radius 3 is 3.00 bits per heavy atom. The molecule has 0 radical (unpaired) electrons. The number of pyridine rings is 1. The third kappa shape index (κ3) is 3.89. The van der Waals surface area contributed by atoms with Crippen LogP contribution in [0.15, 0.2) is 24.5 Å². The van der Waals surface area contributed by atoms with Crippen LogP contribution < -0.4 is 10.6 Å². The highest BCUT2D eigenvalue weighted by Crippen LogP contribution is 1.94. The van der Waals surface area contributed by atoms with Gasteiger partial charge >= 0.3 is 0 Å². The molecule has 16 heavy (non-hydrogen) atoms. The summed E-state index contributed by atoms with van der Waals surface area (Å²) in [5.74, 6) is 0. The average molecular weight is 220 g/mol. The van der Waals surface area contributed by atoms with E-state index in [1.807, 2.05) is 18.5 Å². The van der Waals surface area contributed by atoms with Crippen LogP contribution in [0.25, 0.3) is 0 Å². The second-order valence-electron chi connectivity index (χ2n) is 4.13. The van der Waals surface area contributed by atoms with E-state index in [9.17, 15) is 0 Å². The molecule has 0 aromatic carbocycles. The summed E-state index contributed by atoms with van der Waals surface area (Å²) in [6.45, 7) is 7.71. The summed E-state index contributed by atoms with van der Waals surface area (Å²) in [5.41, 5.74) is 1.25. The molecule has 0 bridgehead atoms. The van der Waals surface area contributed by atoms with Gasteiger partial charge in [-0.25, -0.2) is 0 Å². The molecule has 1 aliphatic heterocycles. The van der Waals surface area contributed by atoms with Crippen molar-refractivity contribution in [2.45, 2.75) is 6.54 Å². The number of rotatable bonds is 5. The molecule has 0 amide bonds. The van der Waals surface area contributed by atoms with Crippen LogP contribution in [0.5, 0.6) is 0 Å². The smallest absolute Gasteiger partial charge is 0.0312 e. The molecule has 2 heterocycles. The minimum Gasteiger partial charge on any atom is -0.314 e. The summed E-state index contributed by atoms with van der Waals surface area (Å²) in [6, 6.07) is 4.08. The maximum Gasteiger partial charge on any atom is 0.0312 e. The maximum absolute atomic E-state index is 4.09. The van der Waals surface area contributed by atoms with Gasteiger partial charge in [0.15, 0.2) is 0 Å². The minimum atomic E-state index is 0.917. The zero-order valence-corrected chi connectivity index (χ0v) is 9.65. The maximum atomic E-state index is 4.09. The Kier molecular flexibility index (Phi) is 4.73. The summed E-state index contributed by atoms with van der Waals surface area (Å²) >= 11 is 0. The highest BCUT2D eigenvalue weighted by Gasteiger charge is 2.07. The summed E-state index contributed by atoms with van der Waals surface area (Å²) in [7, 11) is 0. The van der Waals surface area contributed by atoms with Gasteiger partial charge in [-0.1, -0.05) is 6.07 Å². The molecule has 2 rings (SSSR count). The van der Waals surface area contributed by atoms with Gasteiger partial charge in [-0.2, -0.15) is 0 Å². The second-order valence-corrected chi connectivity index (χ2v) is 4.13. The van der Waals surface area contributed by atoms with Crippen LogP contribution in [0, 0.1) is 0 Å². The van der Waals surface area contributed by atoms with Crippen LogP contribution in [0.3, 0.4) is 0 Å². The molecule has 1 aromatic rings. The Morgan fingerprint density at radius 2 is 2.25 bits per heavy atom. The molecule has 1 aromatic heterocycles.